The van der Waals surface area contributed by atoms with Crippen molar-refractivity contribution in [2.45, 2.75) is 18.4 Å². The SMILES string of the molecule is O=C(NC1(c2ccc(F)cc2)CC1)c1cccc2ccccc12. The molecule has 0 aliphatic heterocycles. The standard InChI is InChI=1S/C20H16FNO/c21-16-10-8-15(9-11-16)20(12-13-20)22-19(23)18-7-3-5-14-4-1-2-6-17(14)18/h1-11H,12-13H2,(H,22,23). The summed E-state index contributed by atoms with van der Waals surface area (Å²) >= 11 is 0. The molecule has 1 aliphatic carbocycles. The highest BCUT2D eigenvalue weighted by Crippen LogP contribution is 2.45. The molecule has 0 atom stereocenters. The Morgan fingerprint density at radius 1 is 0.913 bits per heavy atom. The van der Waals surface area contributed by atoms with Crippen molar-refractivity contribution >= 4 is 16.7 Å². The van der Waals surface area contributed by atoms with Gasteiger partial charge in [0.1, 0.15) is 5.82 Å². The molecule has 1 aliphatic rings. The molecule has 1 amide bonds. The molecule has 3 aromatic rings. The number of halogens is 1. The maximum Gasteiger partial charge on any atom is 0.252 e. The normalized spacial score (nSPS) is 15.3. The van der Waals surface area contributed by atoms with Crippen molar-refractivity contribution in [1.29, 1.82) is 0 Å². The fourth-order valence-corrected chi connectivity index (χ4v) is 3.09. The molecule has 1 saturated carbocycles. The number of rotatable bonds is 3. The molecule has 1 fully saturated rings. The third-order valence-corrected chi connectivity index (χ3v) is 4.53. The Morgan fingerprint density at radius 2 is 1.61 bits per heavy atom. The van der Waals surface area contributed by atoms with E-state index in [2.05, 4.69) is 5.32 Å². The van der Waals surface area contributed by atoms with E-state index in [9.17, 15) is 9.18 Å². The predicted octanol–water partition coefficient (Wildman–Crippen LogP) is 4.40. The molecule has 0 spiro atoms. The first-order valence-corrected chi connectivity index (χ1v) is 7.74. The molecule has 3 heteroatoms. The number of nitrogens with one attached hydrogen (secondary N) is 1. The molecule has 0 saturated heterocycles. The van der Waals surface area contributed by atoms with Gasteiger partial charge in [-0.05, 0) is 47.4 Å². The Bertz CT molecular complexity index is 876. The molecule has 0 heterocycles. The molecule has 1 N–H and O–H groups in total. The van der Waals surface area contributed by atoms with Crippen LogP contribution in [0.5, 0.6) is 0 Å². The van der Waals surface area contributed by atoms with Crippen LogP contribution >= 0.6 is 0 Å². The molecular formula is C20H16FNO. The van der Waals surface area contributed by atoms with Gasteiger partial charge in [0.2, 0.25) is 0 Å². The van der Waals surface area contributed by atoms with E-state index in [4.69, 9.17) is 0 Å². The van der Waals surface area contributed by atoms with Crippen LogP contribution in [0.25, 0.3) is 10.8 Å². The summed E-state index contributed by atoms with van der Waals surface area (Å²) in [6, 6.07) is 20.0. The zero-order valence-electron chi connectivity index (χ0n) is 12.6. The van der Waals surface area contributed by atoms with E-state index < -0.39 is 0 Å². The van der Waals surface area contributed by atoms with Crippen LogP contribution < -0.4 is 5.32 Å². The lowest BCUT2D eigenvalue weighted by Crippen LogP contribution is -2.34. The van der Waals surface area contributed by atoms with Crippen LogP contribution in [0.1, 0.15) is 28.8 Å². The number of amides is 1. The number of carbonyl (C=O) groups excluding carboxylic acids is 1. The largest absolute Gasteiger partial charge is 0.343 e. The second-order valence-electron chi connectivity index (χ2n) is 6.07. The minimum Gasteiger partial charge on any atom is -0.343 e. The van der Waals surface area contributed by atoms with Crippen molar-refractivity contribution in [2.24, 2.45) is 0 Å². The van der Waals surface area contributed by atoms with Crippen LogP contribution in [0.4, 0.5) is 4.39 Å². The number of hydrogen-bond acceptors (Lipinski definition) is 1. The fourth-order valence-electron chi connectivity index (χ4n) is 3.09. The summed E-state index contributed by atoms with van der Waals surface area (Å²) in [4.78, 5) is 12.8. The van der Waals surface area contributed by atoms with Gasteiger partial charge in [-0.3, -0.25) is 4.79 Å². The first-order chi connectivity index (χ1) is 11.2. The summed E-state index contributed by atoms with van der Waals surface area (Å²) in [5, 5.41) is 5.14. The molecule has 3 aromatic carbocycles. The van der Waals surface area contributed by atoms with Crippen molar-refractivity contribution in [3.05, 3.63) is 83.7 Å². The lowest BCUT2D eigenvalue weighted by Gasteiger charge is -2.18. The van der Waals surface area contributed by atoms with Crippen LogP contribution in [0, 0.1) is 5.82 Å². The van der Waals surface area contributed by atoms with E-state index in [0.717, 1.165) is 29.2 Å². The van der Waals surface area contributed by atoms with Gasteiger partial charge in [-0.2, -0.15) is 0 Å². The fraction of sp³-hybridized carbons (Fsp3) is 0.150. The van der Waals surface area contributed by atoms with Gasteiger partial charge in [-0.25, -0.2) is 4.39 Å². The molecule has 2 nitrogen and oxygen atoms in total. The highest BCUT2D eigenvalue weighted by Gasteiger charge is 2.45. The number of carbonyl (C=O) groups is 1. The Labute approximate surface area is 134 Å². The number of hydrogen-bond donors (Lipinski definition) is 1. The topological polar surface area (TPSA) is 29.1 Å². The van der Waals surface area contributed by atoms with Crippen LogP contribution in [0.3, 0.4) is 0 Å². The molecule has 0 bridgehead atoms. The van der Waals surface area contributed by atoms with Crippen molar-refractivity contribution in [3.8, 4) is 0 Å². The van der Waals surface area contributed by atoms with Gasteiger partial charge in [-0.1, -0.05) is 48.5 Å². The van der Waals surface area contributed by atoms with E-state index in [-0.39, 0.29) is 17.3 Å². The van der Waals surface area contributed by atoms with E-state index in [0.29, 0.717) is 5.56 Å². The average Bonchev–Trinajstić information content (AvgIpc) is 3.35. The lowest BCUT2D eigenvalue weighted by molar-refractivity contribution is 0.0932. The average molecular weight is 305 g/mol. The summed E-state index contributed by atoms with van der Waals surface area (Å²) in [5.74, 6) is -0.339. The van der Waals surface area contributed by atoms with Gasteiger partial charge in [0.05, 0.1) is 5.54 Å². The molecule has 23 heavy (non-hydrogen) atoms. The van der Waals surface area contributed by atoms with Crippen molar-refractivity contribution < 1.29 is 9.18 Å². The second-order valence-corrected chi connectivity index (χ2v) is 6.07. The third kappa shape index (κ3) is 2.48. The Hall–Kier alpha value is -2.68. The smallest absolute Gasteiger partial charge is 0.252 e. The predicted molar refractivity (Wildman–Crippen MR) is 88.7 cm³/mol. The summed E-state index contributed by atoms with van der Waals surface area (Å²) in [6.45, 7) is 0. The van der Waals surface area contributed by atoms with Gasteiger partial charge in [0.15, 0.2) is 0 Å². The molecular weight excluding hydrogens is 289 g/mol. The highest BCUT2D eigenvalue weighted by atomic mass is 19.1. The first-order valence-electron chi connectivity index (χ1n) is 7.74. The van der Waals surface area contributed by atoms with E-state index in [1.165, 1.54) is 12.1 Å². The van der Waals surface area contributed by atoms with Crippen LogP contribution in [-0.2, 0) is 5.54 Å². The van der Waals surface area contributed by atoms with Gasteiger partial charge < -0.3 is 5.32 Å². The molecule has 0 aromatic heterocycles. The number of benzene rings is 3. The Balaban J connectivity index is 1.66. The zero-order valence-corrected chi connectivity index (χ0v) is 12.6. The summed E-state index contributed by atoms with van der Waals surface area (Å²) < 4.78 is 13.1. The van der Waals surface area contributed by atoms with E-state index in [1.807, 2.05) is 42.5 Å². The molecule has 4 rings (SSSR count). The third-order valence-electron chi connectivity index (χ3n) is 4.53. The van der Waals surface area contributed by atoms with Crippen LogP contribution in [-0.4, -0.2) is 5.91 Å². The molecule has 114 valence electrons. The van der Waals surface area contributed by atoms with Crippen LogP contribution in [0.2, 0.25) is 0 Å². The van der Waals surface area contributed by atoms with Gasteiger partial charge in [0.25, 0.3) is 5.91 Å². The highest BCUT2D eigenvalue weighted by molar-refractivity contribution is 6.07. The molecule has 0 unspecified atom stereocenters. The number of fused-ring (bicyclic) bond motifs is 1. The van der Waals surface area contributed by atoms with Gasteiger partial charge in [-0.15, -0.1) is 0 Å². The Kier molecular flexibility index (Phi) is 3.15. The lowest BCUT2D eigenvalue weighted by atomic mass is 10.0. The first kappa shape index (κ1) is 13.9. The molecule has 0 radical (unpaired) electrons. The summed E-state index contributed by atoms with van der Waals surface area (Å²) in [7, 11) is 0. The maximum atomic E-state index is 13.1. The monoisotopic (exact) mass is 305 g/mol. The quantitative estimate of drug-likeness (QED) is 0.763. The van der Waals surface area contributed by atoms with E-state index >= 15 is 0 Å². The maximum absolute atomic E-state index is 13.1. The van der Waals surface area contributed by atoms with Gasteiger partial charge >= 0.3 is 0 Å². The zero-order chi connectivity index (χ0) is 15.9. The van der Waals surface area contributed by atoms with Crippen molar-refractivity contribution in [1.82, 2.24) is 5.32 Å². The minimum absolute atomic E-state index is 0.0800. The van der Waals surface area contributed by atoms with Crippen LogP contribution in [0.15, 0.2) is 66.7 Å². The summed E-state index contributed by atoms with van der Waals surface area (Å²) in [5.41, 5.74) is 1.30. The second kappa shape index (κ2) is 5.20. The van der Waals surface area contributed by atoms with Crippen molar-refractivity contribution in [2.75, 3.05) is 0 Å². The Morgan fingerprint density at radius 3 is 2.35 bits per heavy atom. The van der Waals surface area contributed by atoms with Gasteiger partial charge in [0, 0.05) is 5.56 Å². The van der Waals surface area contributed by atoms with E-state index in [1.54, 1.807) is 12.1 Å². The van der Waals surface area contributed by atoms with Crippen molar-refractivity contribution in [3.63, 3.8) is 0 Å². The summed E-state index contributed by atoms with van der Waals surface area (Å²) in [6.07, 6.45) is 1.77. The minimum atomic E-state index is -0.346.